The van der Waals surface area contributed by atoms with E-state index in [1.807, 2.05) is 24.3 Å². The molecule has 2 N–H and O–H groups in total. The van der Waals surface area contributed by atoms with Crippen molar-refractivity contribution in [1.82, 2.24) is 10.2 Å². The zero-order chi connectivity index (χ0) is 20.9. The van der Waals surface area contributed by atoms with Crippen LogP contribution in [0.25, 0.3) is 11.1 Å². The average molecular weight is 445 g/mol. The molecule has 2 aliphatic rings. The molecular formula is C24H29ClN2O4. The van der Waals surface area contributed by atoms with Gasteiger partial charge in [0.1, 0.15) is 12.6 Å². The summed E-state index contributed by atoms with van der Waals surface area (Å²) in [7, 11) is 0. The third-order valence-electron chi connectivity index (χ3n) is 6.12. The highest BCUT2D eigenvalue weighted by atomic mass is 35.5. The molecule has 1 fully saturated rings. The number of carboxylic acids is 1. The lowest BCUT2D eigenvalue weighted by Gasteiger charge is -2.27. The number of alkyl carbamates (subject to hydrolysis) is 1. The van der Waals surface area contributed by atoms with Crippen molar-refractivity contribution in [1.29, 1.82) is 0 Å². The van der Waals surface area contributed by atoms with Crippen LogP contribution in [-0.4, -0.2) is 54.4 Å². The summed E-state index contributed by atoms with van der Waals surface area (Å²) in [5, 5.41) is 12.0. The Labute approximate surface area is 189 Å². The van der Waals surface area contributed by atoms with Crippen molar-refractivity contribution >= 4 is 24.5 Å². The van der Waals surface area contributed by atoms with Crippen LogP contribution in [0.1, 0.15) is 42.7 Å². The number of rotatable bonds is 7. The largest absolute Gasteiger partial charge is 0.480 e. The average Bonchev–Trinajstić information content (AvgIpc) is 3.09. The van der Waals surface area contributed by atoms with Crippen molar-refractivity contribution in [2.45, 2.75) is 37.6 Å². The predicted octanol–water partition coefficient (Wildman–Crippen LogP) is 4.28. The van der Waals surface area contributed by atoms with Crippen molar-refractivity contribution in [3.63, 3.8) is 0 Å². The van der Waals surface area contributed by atoms with E-state index in [2.05, 4.69) is 34.5 Å². The van der Waals surface area contributed by atoms with Crippen molar-refractivity contribution in [2.24, 2.45) is 0 Å². The number of hydrogen-bond acceptors (Lipinski definition) is 4. The van der Waals surface area contributed by atoms with Crippen LogP contribution in [0, 0.1) is 0 Å². The van der Waals surface area contributed by atoms with E-state index in [9.17, 15) is 14.7 Å². The van der Waals surface area contributed by atoms with E-state index < -0.39 is 18.1 Å². The number of ether oxygens (including phenoxy) is 1. The van der Waals surface area contributed by atoms with Gasteiger partial charge >= 0.3 is 12.1 Å². The number of likely N-dealkylation sites (tertiary alicyclic amines) is 1. The fourth-order valence-electron chi connectivity index (χ4n) is 4.53. The number of benzene rings is 2. The number of halogens is 1. The maximum Gasteiger partial charge on any atom is 0.407 e. The molecule has 1 amide bonds. The molecule has 0 bridgehead atoms. The molecule has 0 radical (unpaired) electrons. The number of fused-ring (bicyclic) bond motifs is 3. The molecule has 7 heteroatoms. The van der Waals surface area contributed by atoms with Crippen LogP contribution < -0.4 is 5.32 Å². The van der Waals surface area contributed by atoms with Crippen LogP contribution in [0.3, 0.4) is 0 Å². The molecule has 0 spiro atoms. The van der Waals surface area contributed by atoms with Crippen LogP contribution in [0.2, 0.25) is 0 Å². The second-order valence-electron chi connectivity index (χ2n) is 8.05. The van der Waals surface area contributed by atoms with Crippen LogP contribution in [-0.2, 0) is 9.53 Å². The second kappa shape index (κ2) is 10.6. The molecule has 31 heavy (non-hydrogen) atoms. The summed E-state index contributed by atoms with van der Waals surface area (Å²) in [6, 6.07) is 15.3. The van der Waals surface area contributed by atoms with Gasteiger partial charge in [-0.2, -0.15) is 0 Å². The summed E-state index contributed by atoms with van der Waals surface area (Å²) in [5.41, 5.74) is 4.58. The number of hydrogen-bond donors (Lipinski definition) is 2. The topological polar surface area (TPSA) is 78.9 Å². The first-order chi connectivity index (χ1) is 14.6. The molecule has 1 aliphatic carbocycles. The highest BCUT2D eigenvalue weighted by molar-refractivity contribution is 5.85. The standard InChI is InChI=1S/C24H28N2O4.ClH/c27-23(28)22(12-15-26-13-6-1-7-14-26)25-24(29)30-16-21-19-10-4-2-8-17(19)18-9-3-5-11-20(18)21;/h2-5,8-11,21-22H,1,6-7,12-16H2,(H,25,29)(H,27,28);1H. The molecular weight excluding hydrogens is 416 g/mol. The first kappa shape index (κ1) is 23.1. The third kappa shape index (κ3) is 5.38. The maximum absolute atomic E-state index is 12.4. The highest BCUT2D eigenvalue weighted by Crippen LogP contribution is 2.44. The predicted molar refractivity (Wildman–Crippen MR) is 122 cm³/mol. The van der Waals surface area contributed by atoms with Gasteiger partial charge in [0, 0.05) is 12.5 Å². The molecule has 1 atom stereocenters. The SMILES string of the molecule is Cl.O=C(NC(CCN1CCCCC1)C(=O)O)OCC1c2ccccc2-c2ccccc21. The number of carbonyl (C=O) groups is 2. The maximum atomic E-state index is 12.4. The Morgan fingerprint density at radius 2 is 1.58 bits per heavy atom. The number of aliphatic carboxylic acids is 1. The molecule has 4 rings (SSSR count). The van der Waals surface area contributed by atoms with E-state index >= 15 is 0 Å². The van der Waals surface area contributed by atoms with Gasteiger partial charge in [-0.15, -0.1) is 12.4 Å². The van der Waals surface area contributed by atoms with Crippen LogP contribution in [0.15, 0.2) is 48.5 Å². The first-order valence-corrected chi connectivity index (χ1v) is 10.7. The normalized spacial score (nSPS) is 16.5. The summed E-state index contributed by atoms with van der Waals surface area (Å²) in [6.07, 6.45) is 3.23. The number of nitrogens with one attached hydrogen (secondary N) is 1. The van der Waals surface area contributed by atoms with Gasteiger partial charge in [-0.25, -0.2) is 9.59 Å². The summed E-state index contributed by atoms with van der Waals surface area (Å²) >= 11 is 0. The quantitative estimate of drug-likeness (QED) is 0.666. The lowest BCUT2D eigenvalue weighted by Crippen LogP contribution is -2.44. The number of amides is 1. The van der Waals surface area contributed by atoms with Gasteiger partial charge < -0.3 is 20.1 Å². The van der Waals surface area contributed by atoms with E-state index in [0.717, 1.165) is 48.2 Å². The van der Waals surface area contributed by atoms with E-state index in [4.69, 9.17) is 4.74 Å². The lowest BCUT2D eigenvalue weighted by atomic mass is 9.98. The Morgan fingerprint density at radius 1 is 1.00 bits per heavy atom. The van der Waals surface area contributed by atoms with Crippen molar-refractivity contribution in [3.8, 4) is 11.1 Å². The summed E-state index contributed by atoms with van der Waals surface area (Å²) in [5.74, 6) is -1.07. The van der Waals surface area contributed by atoms with E-state index in [1.54, 1.807) is 0 Å². The molecule has 1 heterocycles. The van der Waals surface area contributed by atoms with Gasteiger partial charge in [-0.05, 0) is 54.6 Å². The molecule has 2 aromatic carbocycles. The minimum Gasteiger partial charge on any atom is -0.480 e. The van der Waals surface area contributed by atoms with Crippen LogP contribution >= 0.6 is 12.4 Å². The van der Waals surface area contributed by atoms with Gasteiger partial charge in [-0.1, -0.05) is 55.0 Å². The first-order valence-electron chi connectivity index (χ1n) is 10.7. The van der Waals surface area contributed by atoms with Gasteiger partial charge in [-0.3, -0.25) is 0 Å². The van der Waals surface area contributed by atoms with Crippen molar-refractivity contribution in [2.75, 3.05) is 26.2 Å². The van der Waals surface area contributed by atoms with Gasteiger partial charge in [0.2, 0.25) is 0 Å². The summed E-state index contributed by atoms with van der Waals surface area (Å²) in [4.78, 5) is 26.2. The van der Waals surface area contributed by atoms with E-state index in [0.29, 0.717) is 13.0 Å². The molecule has 2 aromatic rings. The smallest absolute Gasteiger partial charge is 0.407 e. The number of piperidine rings is 1. The Hall–Kier alpha value is -2.57. The molecule has 0 saturated carbocycles. The fourth-order valence-corrected chi connectivity index (χ4v) is 4.53. The third-order valence-corrected chi connectivity index (χ3v) is 6.12. The lowest BCUT2D eigenvalue weighted by molar-refractivity contribution is -0.139. The summed E-state index contributed by atoms with van der Waals surface area (Å²) in [6.45, 7) is 2.84. The van der Waals surface area contributed by atoms with Gasteiger partial charge in [0.15, 0.2) is 0 Å². The minimum absolute atomic E-state index is 0. The van der Waals surface area contributed by atoms with E-state index in [-0.39, 0.29) is 24.9 Å². The Balaban J connectivity index is 0.00000272. The monoisotopic (exact) mass is 444 g/mol. The fraction of sp³-hybridized carbons (Fsp3) is 0.417. The zero-order valence-electron chi connectivity index (χ0n) is 17.5. The van der Waals surface area contributed by atoms with Crippen molar-refractivity contribution in [3.05, 3.63) is 59.7 Å². The Bertz CT molecular complexity index is 868. The number of nitrogens with zero attached hydrogens (tertiary/aromatic N) is 1. The Kier molecular flexibility index (Phi) is 7.93. The highest BCUT2D eigenvalue weighted by Gasteiger charge is 2.29. The Morgan fingerprint density at radius 3 is 2.16 bits per heavy atom. The minimum atomic E-state index is -1.03. The van der Waals surface area contributed by atoms with Crippen LogP contribution in [0.5, 0.6) is 0 Å². The molecule has 1 aliphatic heterocycles. The number of carboxylic acid groups (broad SMARTS) is 1. The summed E-state index contributed by atoms with van der Waals surface area (Å²) < 4.78 is 5.49. The van der Waals surface area contributed by atoms with Crippen LogP contribution in [0.4, 0.5) is 4.79 Å². The van der Waals surface area contributed by atoms with Gasteiger partial charge in [0.05, 0.1) is 0 Å². The van der Waals surface area contributed by atoms with Gasteiger partial charge in [0.25, 0.3) is 0 Å². The molecule has 166 valence electrons. The zero-order valence-corrected chi connectivity index (χ0v) is 18.3. The molecule has 1 saturated heterocycles. The molecule has 6 nitrogen and oxygen atoms in total. The van der Waals surface area contributed by atoms with E-state index in [1.165, 1.54) is 6.42 Å². The molecule has 1 unspecified atom stereocenters. The second-order valence-corrected chi connectivity index (χ2v) is 8.05. The molecule has 0 aromatic heterocycles. The number of carbonyl (C=O) groups excluding carboxylic acids is 1. The van der Waals surface area contributed by atoms with Crippen molar-refractivity contribution < 1.29 is 19.4 Å².